The van der Waals surface area contributed by atoms with Crippen molar-refractivity contribution in [1.29, 1.82) is 0 Å². The number of pyridine rings is 1. The van der Waals surface area contributed by atoms with E-state index in [2.05, 4.69) is 15.2 Å². The van der Waals surface area contributed by atoms with Gasteiger partial charge in [-0.3, -0.25) is 4.98 Å². The molecule has 0 fully saturated rings. The zero-order chi connectivity index (χ0) is 13.9. The molecule has 0 spiro atoms. The molecule has 0 aliphatic heterocycles. The first kappa shape index (κ1) is 12.0. The van der Waals surface area contributed by atoms with Crippen molar-refractivity contribution in [2.75, 3.05) is 0 Å². The first-order valence-corrected chi connectivity index (χ1v) is 5.82. The molecule has 0 atom stereocenters. The largest absolute Gasteiger partial charge is 0.478 e. The Labute approximate surface area is 113 Å². The molecule has 0 saturated carbocycles. The van der Waals surface area contributed by atoms with E-state index in [0.717, 1.165) is 0 Å². The molecule has 6 heteroatoms. The van der Waals surface area contributed by atoms with E-state index >= 15 is 0 Å². The fraction of sp³-hybridized carbons (Fsp3) is 0. The number of aromatic nitrogens is 3. The molecule has 0 radical (unpaired) electrons. The highest BCUT2D eigenvalue weighted by Gasteiger charge is 2.16. The summed E-state index contributed by atoms with van der Waals surface area (Å²) in [5.41, 5.74) is 1.19. The molecule has 3 rings (SSSR count). The van der Waals surface area contributed by atoms with Crippen LogP contribution in [-0.2, 0) is 0 Å². The number of aromatic carboxylic acids is 1. The molecule has 0 aliphatic rings. The Morgan fingerprint density at radius 3 is 2.60 bits per heavy atom. The predicted molar refractivity (Wildman–Crippen MR) is 69.9 cm³/mol. The zero-order valence-electron chi connectivity index (χ0n) is 10.2. The van der Waals surface area contributed by atoms with E-state index < -0.39 is 5.97 Å². The van der Waals surface area contributed by atoms with Gasteiger partial charge in [-0.2, -0.15) is 0 Å². The Bertz CT molecular complexity index is 753. The summed E-state index contributed by atoms with van der Waals surface area (Å²) in [6.45, 7) is 0. The van der Waals surface area contributed by atoms with Gasteiger partial charge in [0.1, 0.15) is 0 Å². The fourth-order valence-corrected chi connectivity index (χ4v) is 1.79. The number of nitrogens with zero attached hydrogens (tertiary/aromatic N) is 3. The molecular weight excluding hydrogens is 258 g/mol. The molecule has 3 aromatic rings. The SMILES string of the molecule is O=C(O)c1ccccc1-c1nnc(-c2cccnc2)o1. The summed E-state index contributed by atoms with van der Waals surface area (Å²) in [4.78, 5) is 15.1. The molecule has 0 saturated heterocycles. The van der Waals surface area contributed by atoms with Crippen LogP contribution in [-0.4, -0.2) is 26.3 Å². The molecule has 0 amide bonds. The number of benzene rings is 1. The van der Waals surface area contributed by atoms with Crippen LogP contribution in [0.4, 0.5) is 0 Å². The maximum atomic E-state index is 11.2. The Morgan fingerprint density at radius 1 is 1.05 bits per heavy atom. The highest BCUT2D eigenvalue weighted by molar-refractivity contribution is 5.94. The summed E-state index contributed by atoms with van der Waals surface area (Å²) in [6.07, 6.45) is 3.24. The molecular formula is C14H9N3O3. The van der Waals surface area contributed by atoms with Crippen molar-refractivity contribution < 1.29 is 14.3 Å². The summed E-state index contributed by atoms with van der Waals surface area (Å²) in [7, 11) is 0. The van der Waals surface area contributed by atoms with Gasteiger partial charge in [0.2, 0.25) is 11.8 Å². The van der Waals surface area contributed by atoms with Crippen molar-refractivity contribution in [2.24, 2.45) is 0 Å². The van der Waals surface area contributed by atoms with Crippen LogP contribution in [0.5, 0.6) is 0 Å². The average Bonchev–Trinajstić information content (AvgIpc) is 2.98. The van der Waals surface area contributed by atoms with Gasteiger partial charge in [0, 0.05) is 12.4 Å². The van der Waals surface area contributed by atoms with Crippen LogP contribution in [0, 0.1) is 0 Å². The van der Waals surface area contributed by atoms with Gasteiger partial charge in [0.25, 0.3) is 0 Å². The number of carboxylic acid groups (broad SMARTS) is 1. The van der Waals surface area contributed by atoms with Crippen molar-refractivity contribution >= 4 is 5.97 Å². The summed E-state index contributed by atoms with van der Waals surface area (Å²) in [5, 5.41) is 17.0. The van der Waals surface area contributed by atoms with Crippen LogP contribution in [0.25, 0.3) is 22.9 Å². The molecule has 1 N–H and O–H groups in total. The van der Waals surface area contributed by atoms with Crippen molar-refractivity contribution in [3.8, 4) is 22.9 Å². The molecule has 0 unspecified atom stereocenters. The predicted octanol–water partition coefficient (Wildman–Crippen LogP) is 2.50. The zero-order valence-corrected chi connectivity index (χ0v) is 10.2. The normalized spacial score (nSPS) is 10.4. The lowest BCUT2D eigenvalue weighted by atomic mass is 10.1. The molecule has 2 aromatic heterocycles. The first-order valence-electron chi connectivity index (χ1n) is 5.82. The highest BCUT2D eigenvalue weighted by atomic mass is 16.4. The van der Waals surface area contributed by atoms with Crippen molar-refractivity contribution in [3.63, 3.8) is 0 Å². The quantitative estimate of drug-likeness (QED) is 0.784. The monoisotopic (exact) mass is 267 g/mol. The van der Waals surface area contributed by atoms with E-state index in [1.807, 2.05) is 0 Å². The third-order valence-electron chi connectivity index (χ3n) is 2.72. The second-order valence-electron chi connectivity index (χ2n) is 4.00. The van der Waals surface area contributed by atoms with Gasteiger partial charge in [-0.1, -0.05) is 12.1 Å². The van der Waals surface area contributed by atoms with Crippen molar-refractivity contribution in [1.82, 2.24) is 15.2 Å². The van der Waals surface area contributed by atoms with Gasteiger partial charge in [-0.25, -0.2) is 4.79 Å². The smallest absolute Gasteiger partial charge is 0.336 e. The van der Waals surface area contributed by atoms with Gasteiger partial charge in [-0.15, -0.1) is 10.2 Å². The summed E-state index contributed by atoms with van der Waals surface area (Å²) < 4.78 is 5.52. The van der Waals surface area contributed by atoms with Crippen molar-refractivity contribution in [3.05, 3.63) is 54.4 Å². The molecule has 1 aromatic carbocycles. The van der Waals surface area contributed by atoms with Crippen LogP contribution < -0.4 is 0 Å². The van der Waals surface area contributed by atoms with Gasteiger partial charge in [-0.05, 0) is 24.3 Å². The maximum Gasteiger partial charge on any atom is 0.336 e. The van der Waals surface area contributed by atoms with Gasteiger partial charge < -0.3 is 9.52 Å². The lowest BCUT2D eigenvalue weighted by Crippen LogP contribution is -1.98. The Morgan fingerprint density at radius 2 is 1.85 bits per heavy atom. The fourth-order valence-electron chi connectivity index (χ4n) is 1.79. The third kappa shape index (κ3) is 2.14. The Hall–Kier alpha value is -3.02. The Balaban J connectivity index is 2.05. The second kappa shape index (κ2) is 4.93. The van der Waals surface area contributed by atoms with E-state index in [0.29, 0.717) is 17.0 Å². The summed E-state index contributed by atoms with van der Waals surface area (Å²) >= 11 is 0. The molecule has 20 heavy (non-hydrogen) atoms. The molecule has 98 valence electrons. The number of carbonyl (C=O) groups is 1. The third-order valence-corrected chi connectivity index (χ3v) is 2.72. The lowest BCUT2D eigenvalue weighted by Gasteiger charge is -2.00. The molecule has 6 nitrogen and oxygen atoms in total. The van der Waals surface area contributed by atoms with E-state index in [9.17, 15) is 4.79 Å². The molecule has 0 aliphatic carbocycles. The number of hydrogen-bond donors (Lipinski definition) is 1. The van der Waals surface area contributed by atoms with Crippen LogP contribution in [0.15, 0.2) is 53.2 Å². The second-order valence-corrected chi connectivity index (χ2v) is 4.00. The van der Waals surface area contributed by atoms with Crippen LogP contribution in [0.2, 0.25) is 0 Å². The minimum absolute atomic E-state index is 0.119. The van der Waals surface area contributed by atoms with E-state index in [1.165, 1.54) is 6.07 Å². The standard InChI is InChI=1S/C14H9N3O3/c18-14(19)11-6-2-1-5-10(11)13-17-16-12(20-13)9-4-3-7-15-8-9/h1-8H,(H,18,19). The summed E-state index contributed by atoms with van der Waals surface area (Å²) in [6, 6.07) is 10.0. The minimum atomic E-state index is -1.04. The van der Waals surface area contributed by atoms with E-state index in [4.69, 9.17) is 9.52 Å². The maximum absolute atomic E-state index is 11.2. The number of rotatable bonds is 3. The lowest BCUT2D eigenvalue weighted by molar-refractivity contribution is 0.0697. The van der Waals surface area contributed by atoms with Crippen molar-refractivity contribution in [2.45, 2.75) is 0 Å². The van der Waals surface area contributed by atoms with Crippen LogP contribution in [0.3, 0.4) is 0 Å². The topological polar surface area (TPSA) is 89.1 Å². The molecule has 0 bridgehead atoms. The summed E-state index contributed by atoms with van der Waals surface area (Å²) in [5.74, 6) is -0.572. The van der Waals surface area contributed by atoms with E-state index in [-0.39, 0.29) is 11.5 Å². The van der Waals surface area contributed by atoms with Gasteiger partial charge >= 0.3 is 5.97 Å². The minimum Gasteiger partial charge on any atom is -0.478 e. The first-order chi connectivity index (χ1) is 9.75. The highest BCUT2D eigenvalue weighted by Crippen LogP contribution is 2.25. The van der Waals surface area contributed by atoms with E-state index in [1.54, 1.807) is 42.7 Å². The van der Waals surface area contributed by atoms with Crippen LogP contribution in [0.1, 0.15) is 10.4 Å². The Kier molecular flexibility index (Phi) is 2.96. The average molecular weight is 267 g/mol. The van der Waals surface area contributed by atoms with Gasteiger partial charge in [0.15, 0.2) is 0 Å². The van der Waals surface area contributed by atoms with Crippen LogP contribution >= 0.6 is 0 Å². The number of hydrogen-bond acceptors (Lipinski definition) is 5. The molecule has 2 heterocycles. The number of carboxylic acids is 1. The van der Waals surface area contributed by atoms with Gasteiger partial charge in [0.05, 0.1) is 16.7 Å².